The van der Waals surface area contributed by atoms with E-state index < -0.39 is 23.8 Å². The molecular formula is C17H19F3N4O. The van der Waals surface area contributed by atoms with E-state index in [4.69, 9.17) is 0 Å². The number of hydrogen-bond donors (Lipinski definition) is 3. The Bertz CT molecular complexity index is 692. The molecule has 2 rings (SSSR count). The predicted molar refractivity (Wildman–Crippen MR) is 89.1 cm³/mol. The Morgan fingerprint density at radius 1 is 1.16 bits per heavy atom. The number of hydrogen-bond acceptors (Lipinski definition) is 3. The van der Waals surface area contributed by atoms with Gasteiger partial charge in [-0.25, -0.2) is 9.78 Å². The highest BCUT2D eigenvalue weighted by atomic mass is 19.4. The molecule has 5 nitrogen and oxygen atoms in total. The second-order valence-corrected chi connectivity index (χ2v) is 5.39. The number of benzene rings is 1. The molecular weight excluding hydrogens is 333 g/mol. The molecule has 0 spiro atoms. The third kappa shape index (κ3) is 5.98. The van der Waals surface area contributed by atoms with E-state index in [2.05, 4.69) is 20.9 Å². The number of nitrogens with zero attached hydrogens (tertiary/aromatic N) is 1. The normalized spacial score (nSPS) is 12.3. The van der Waals surface area contributed by atoms with E-state index in [1.807, 2.05) is 6.07 Å². The third-order valence-corrected chi connectivity index (χ3v) is 3.44. The van der Waals surface area contributed by atoms with Crippen LogP contribution in [0.4, 0.5) is 23.8 Å². The Morgan fingerprint density at radius 2 is 1.96 bits per heavy atom. The zero-order valence-corrected chi connectivity index (χ0v) is 13.6. The molecule has 0 saturated carbocycles. The average molecular weight is 352 g/mol. The molecule has 2 amide bonds. The summed E-state index contributed by atoms with van der Waals surface area (Å²) >= 11 is 0. The molecule has 0 radical (unpaired) electrons. The molecule has 1 aromatic heterocycles. The molecule has 1 aromatic carbocycles. The molecule has 3 N–H and O–H groups in total. The van der Waals surface area contributed by atoms with Crippen molar-refractivity contribution in [2.45, 2.75) is 19.1 Å². The van der Waals surface area contributed by atoms with Crippen molar-refractivity contribution in [2.24, 2.45) is 0 Å². The number of rotatable bonds is 6. The Labute approximate surface area is 143 Å². The van der Waals surface area contributed by atoms with Crippen LogP contribution in [0.2, 0.25) is 0 Å². The van der Waals surface area contributed by atoms with Crippen LogP contribution in [0, 0.1) is 0 Å². The lowest BCUT2D eigenvalue weighted by Crippen LogP contribution is -2.39. The van der Waals surface area contributed by atoms with Gasteiger partial charge in [-0.1, -0.05) is 18.2 Å². The van der Waals surface area contributed by atoms with E-state index in [1.54, 1.807) is 31.3 Å². The second-order valence-electron chi connectivity index (χ2n) is 5.39. The molecule has 1 heterocycles. The number of pyridine rings is 1. The van der Waals surface area contributed by atoms with Crippen LogP contribution >= 0.6 is 0 Å². The smallest absolute Gasteiger partial charge is 0.368 e. The van der Waals surface area contributed by atoms with Crippen molar-refractivity contribution < 1.29 is 18.0 Å². The number of nitrogens with one attached hydrogen (secondary N) is 3. The lowest BCUT2D eigenvalue weighted by Gasteiger charge is -2.17. The molecule has 0 aliphatic rings. The summed E-state index contributed by atoms with van der Waals surface area (Å²) in [5.41, 5.74) is -0.352. The molecule has 1 atom stereocenters. The summed E-state index contributed by atoms with van der Waals surface area (Å²) in [5, 5.41) is 8.28. The van der Waals surface area contributed by atoms with Crippen molar-refractivity contribution in [3.8, 4) is 0 Å². The van der Waals surface area contributed by atoms with Crippen LogP contribution in [-0.2, 0) is 6.18 Å². The van der Waals surface area contributed by atoms with E-state index in [0.717, 1.165) is 12.1 Å². The summed E-state index contributed by atoms with van der Waals surface area (Å²) in [5.74, 6) is 0.696. The zero-order valence-electron chi connectivity index (χ0n) is 13.6. The number of carbonyl (C=O) groups excluding carboxylic acids is 1. The average Bonchev–Trinajstić information content (AvgIpc) is 2.59. The molecule has 0 aliphatic carbocycles. The van der Waals surface area contributed by atoms with Gasteiger partial charge in [-0.3, -0.25) is 0 Å². The fourth-order valence-electron chi connectivity index (χ4n) is 2.15. The molecule has 0 fully saturated rings. The minimum atomic E-state index is -4.41. The minimum absolute atomic E-state index is 0.345. The van der Waals surface area contributed by atoms with Crippen LogP contribution in [0.3, 0.4) is 0 Å². The molecule has 8 heteroatoms. The minimum Gasteiger partial charge on any atom is -0.368 e. The van der Waals surface area contributed by atoms with Gasteiger partial charge < -0.3 is 16.0 Å². The number of carbonyl (C=O) groups is 1. The van der Waals surface area contributed by atoms with Crippen LogP contribution in [-0.4, -0.2) is 24.1 Å². The van der Waals surface area contributed by atoms with Crippen LogP contribution in [0.25, 0.3) is 0 Å². The molecule has 1 unspecified atom stereocenters. The summed E-state index contributed by atoms with van der Waals surface area (Å²) in [6.07, 6.45) is -2.76. The molecule has 25 heavy (non-hydrogen) atoms. The Morgan fingerprint density at radius 3 is 2.64 bits per heavy atom. The van der Waals surface area contributed by atoms with Gasteiger partial charge in [0, 0.05) is 19.3 Å². The number of anilines is 1. The maximum atomic E-state index is 12.7. The summed E-state index contributed by atoms with van der Waals surface area (Å²) < 4.78 is 38.2. The van der Waals surface area contributed by atoms with Crippen LogP contribution in [0.15, 0.2) is 48.7 Å². The number of halogens is 3. The number of urea groups is 1. The highest BCUT2D eigenvalue weighted by Gasteiger charge is 2.30. The van der Waals surface area contributed by atoms with Crippen molar-refractivity contribution >= 4 is 11.8 Å². The van der Waals surface area contributed by atoms with Gasteiger partial charge in [0.25, 0.3) is 0 Å². The maximum Gasteiger partial charge on any atom is 0.416 e. The van der Waals surface area contributed by atoms with Gasteiger partial charge in [0.1, 0.15) is 5.82 Å². The lowest BCUT2D eigenvalue weighted by atomic mass is 10.1. The van der Waals surface area contributed by atoms with Gasteiger partial charge in [-0.05, 0) is 36.8 Å². The molecule has 0 aliphatic heterocycles. The van der Waals surface area contributed by atoms with E-state index in [1.165, 1.54) is 6.07 Å². The molecule has 134 valence electrons. The van der Waals surface area contributed by atoms with Crippen molar-refractivity contribution in [3.63, 3.8) is 0 Å². The van der Waals surface area contributed by atoms with Crippen LogP contribution in [0.5, 0.6) is 0 Å². The first kappa shape index (κ1) is 18.6. The highest BCUT2D eigenvalue weighted by molar-refractivity contribution is 5.74. The fourth-order valence-corrected chi connectivity index (χ4v) is 2.15. The van der Waals surface area contributed by atoms with E-state index in [9.17, 15) is 18.0 Å². The molecule has 0 saturated heterocycles. The topological polar surface area (TPSA) is 66.1 Å². The monoisotopic (exact) mass is 352 g/mol. The summed E-state index contributed by atoms with van der Waals surface area (Å²) in [4.78, 5) is 15.9. The number of amides is 2. The number of aromatic nitrogens is 1. The number of alkyl halides is 3. The first-order chi connectivity index (χ1) is 11.9. The summed E-state index contributed by atoms with van der Waals surface area (Å²) in [6, 6.07) is 9.34. The van der Waals surface area contributed by atoms with Gasteiger partial charge in [0.15, 0.2) is 0 Å². The quantitative estimate of drug-likeness (QED) is 0.697. The van der Waals surface area contributed by atoms with Crippen molar-refractivity contribution in [1.82, 2.24) is 15.6 Å². The third-order valence-electron chi connectivity index (χ3n) is 3.44. The summed E-state index contributed by atoms with van der Waals surface area (Å²) in [6.45, 7) is 2.45. The molecule has 2 aromatic rings. The van der Waals surface area contributed by atoms with Gasteiger partial charge >= 0.3 is 12.2 Å². The second kappa shape index (κ2) is 8.36. The van der Waals surface area contributed by atoms with Crippen molar-refractivity contribution in [2.75, 3.05) is 18.4 Å². The summed E-state index contributed by atoms with van der Waals surface area (Å²) in [7, 11) is 0. The van der Waals surface area contributed by atoms with Crippen LogP contribution < -0.4 is 16.0 Å². The van der Waals surface area contributed by atoms with Gasteiger partial charge in [0.2, 0.25) is 0 Å². The van der Waals surface area contributed by atoms with E-state index in [0.29, 0.717) is 24.5 Å². The largest absolute Gasteiger partial charge is 0.416 e. The van der Waals surface area contributed by atoms with E-state index in [-0.39, 0.29) is 0 Å². The lowest BCUT2D eigenvalue weighted by molar-refractivity contribution is -0.137. The SMILES string of the molecule is CC(NC(=O)NCCNc1ccccn1)c1cccc(C(F)(F)F)c1. The van der Waals surface area contributed by atoms with E-state index >= 15 is 0 Å². The maximum absolute atomic E-state index is 12.7. The van der Waals surface area contributed by atoms with Crippen LogP contribution in [0.1, 0.15) is 24.1 Å². The van der Waals surface area contributed by atoms with Crippen molar-refractivity contribution in [3.05, 3.63) is 59.8 Å². The molecule has 0 bridgehead atoms. The van der Waals surface area contributed by atoms with Gasteiger partial charge in [-0.15, -0.1) is 0 Å². The van der Waals surface area contributed by atoms with Gasteiger partial charge in [-0.2, -0.15) is 13.2 Å². The van der Waals surface area contributed by atoms with Gasteiger partial charge in [0.05, 0.1) is 11.6 Å². The highest BCUT2D eigenvalue weighted by Crippen LogP contribution is 2.30. The Kier molecular flexibility index (Phi) is 6.21. The van der Waals surface area contributed by atoms with Crippen molar-refractivity contribution in [1.29, 1.82) is 0 Å². The zero-order chi connectivity index (χ0) is 18.3. The fraction of sp³-hybridized carbons (Fsp3) is 0.294. The standard InChI is InChI=1S/C17H19F3N4O/c1-12(13-5-4-6-14(11-13)17(18,19)20)24-16(25)23-10-9-22-15-7-2-3-8-21-15/h2-8,11-12H,9-10H2,1H3,(H,21,22)(H2,23,24,25). The first-order valence-electron chi connectivity index (χ1n) is 7.72. The predicted octanol–water partition coefficient (Wildman–Crippen LogP) is 3.57. The Balaban J connectivity index is 1.78. The first-order valence-corrected chi connectivity index (χ1v) is 7.72. The Hall–Kier alpha value is -2.77.